The summed E-state index contributed by atoms with van der Waals surface area (Å²) in [5.41, 5.74) is 6.98. The van der Waals surface area contributed by atoms with Crippen LogP contribution in [-0.4, -0.2) is 30.8 Å². The molecule has 29 heavy (non-hydrogen) atoms. The SMILES string of the molecule is CCCN1CC=C2C(C#N)=C(N)C(C#N)(C#N)[C@H](c3cccc(SC)c3)[C@H]2C1.Cl. The number of nitriles is 3. The van der Waals surface area contributed by atoms with Crippen LogP contribution in [0.2, 0.25) is 0 Å². The van der Waals surface area contributed by atoms with Crippen LogP contribution in [0.3, 0.4) is 0 Å². The molecule has 3 rings (SSSR count). The molecule has 0 amide bonds. The summed E-state index contributed by atoms with van der Waals surface area (Å²) in [5.74, 6) is -0.545. The Morgan fingerprint density at radius 1 is 1.28 bits per heavy atom. The molecule has 0 spiro atoms. The lowest BCUT2D eigenvalue weighted by molar-refractivity contribution is 0.207. The van der Waals surface area contributed by atoms with Crippen LogP contribution in [0, 0.1) is 45.3 Å². The average molecular weight is 426 g/mol. The van der Waals surface area contributed by atoms with Crippen LogP contribution in [0.1, 0.15) is 24.8 Å². The number of rotatable bonds is 4. The lowest BCUT2D eigenvalue weighted by atomic mass is 9.58. The number of hydrogen-bond acceptors (Lipinski definition) is 6. The highest BCUT2D eigenvalue weighted by Crippen LogP contribution is 2.54. The van der Waals surface area contributed by atoms with Gasteiger partial charge in [-0.2, -0.15) is 15.8 Å². The second-order valence-electron chi connectivity index (χ2n) is 7.21. The molecule has 150 valence electrons. The van der Waals surface area contributed by atoms with E-state index in [9.17, 15) is 15.8 Å². The van der Waals surface area contributed by atoms with Gasteiger partial charge in [-0.15, -0.1) is 24.2 Å². The highest BCUT2D eigenvalue weighted by molar-refractivity contribution is 7.98. The predicted octanol–water partition coefficient (Wildman–Crippen LogP) is 3.97. The van der Waals surface area contributed by atoms with Crippen LogP contribution >= 0.6 is 24.2 Å². The molecule has 0 radical (unpaired) electrons. The van der Waals surface area contributed by atoms with Gasteiger partial charge in [0.05, 0.1) is 23.4 Å². The van der Waals surface area contributed by atoms with Gasteiger partial charge < -0.3 is 5.73 Å². The van der Waals surface area contributed by atoms with E-state index in [1.807, 2.05) is 30.5 Å². The summed E-state index contributed by atoms with van der Waals surface area (Å²) >= 11 is 1.62. The Kier molecular flexibility index (Phi) is 7.39. The third-order valence-electron chi connectivity index (χ3n) is 5.73. The van der Waals surface area contributed by atoms with Crippen LogP contribution in [0.5, 0.6) is 0 Å². The minimum atomic E-state index is -1.56. The molecule has 0 unspecified atom stereocenters. The van der Waals surface area contributed by atoms with Gasteiger partial charge in [-0.05, 0) is 42.5 Å². The van der Waals surface area contributed by atoms with E-state index in [-0.39, 0.29) is 24.0 Å². The number of benzene rings is 1. The van der Waals surface area contributed by atoms with Crippen molar-refractivity contribution in [3.8, 4) is 18.2 Å². The quantitative estimate of drug-likeness (QED) is 0.732. The van der Waals surface area contributed by atoms with E-state index in [4.69, 9.17) is 5.73 Å². The lowest BCUT2D eigenvalue weighted by Crippen LogP contribution is -2.48. The second kappa shape index (κ2) is 9.38. The van der Waals surface area contributed by atoms with E-state index in [0.29, 0.717) is 12.1 Å². The van der Waals surface area contributed by atoms with Crippen LogP contribution in [0.15, 0.2) is 52.1 Å². The topological polar surface area (TPSA) is 101 Å². The first kappa shape index (κ1) is 22.9. The van der Waals surface area contributed by atoms with E-state index in [1.165, 1.54) is 0 Å². The zero-order chi connectivity index (χ0) is 20.3. The Labute approximate surface area is 182 Å². The molecule has 0 bridgehead atoms. The highest BCUT2D eigenvalue weighted by Gasteiger charge is 2.54. The number of halogens is 1. The largest absolute Gasteiger partial charge is 0.399 e. The fourth-order valence-corrected chi connectivity index (χ4v) is 4.92. The van der Waals surface area contributed by atoms with Gasteiger partial charge in [0.25, 0.3) is 0 Å². The summed E-state index contributed by atoms with van der Waals surface area (Å²) in [6.45, 7) is 4.53. The normalized spacial score (nSPS) is 22.9. The molecular weight excluding hydrogens is 402 g/mol. The van der Waals surface area contributed by atoms with Gasteiger partial charge in [-0.1, -0.05) is 25.1 Å². The van der Waals surface area contributed by atoms with Crippen molar-refractivity contribution in [3.05, 3.63) is 52.7 Å². The van der Waals surface area contributed by atoms with Gasteiger partial charge in [-0.3, -0.25) is 4.90 Å². The Morgan fingerprint density at radius 3 is 2.59 bits per heavy atom. The molecule has 2 aliphatic rings. The highest BCUT2D eigenvalue weighted by atomic mass is 35.5. The second-order valence-corrected chi connectivity index (χ2v) is 8.09. The van der Waals surface area contributed by atoms with E-state index < -0.39 is 11.3 Å². The molecule has 7 heteroatoms. The molecule has 1 aliphatic heterocycles. The van der Waals surface area contributed by atoms with E-state index >= 15 is 0 Å². The van der Waals surface area contributed by atoms with E-state index in [1.54, 1.807) is 11.8 Å². The number of allylic oxidation sites excluding steroid dienone is 2. The average Bonchev–Trinajstić information content (AvgIpc) is 2.73. The smallest absolute Gasteiger partial charge is 0.191 e. The van der Waals surface area contributed by atoms with E-state index in [0.717, 1.165) is 35.5 Å². The Morgan fingerprint density at radius 2 is 2.00 bits per heavy atom. The third-order valence-corrected chi connectivity index (χ3v) is 6.46. The summed E-state index contributed by atoms with van der Waals surface area (Å²) in [4.78, 5) is 3.39. The predicted molar refractivity (Wildman–Crippen MR) is 117 cm³/mol. The summed E-state index contributed by atoms with van der Waals surface area (Å²) < 4.78 is 0. The number of hydrogen-bond donors (Lipinski definition) is 1. The van der Waals surface area contributed by atoms with Gasteiger partial charge in [0.2, 0.25) is 0 Å². The number of thioether (sulfide) groups is 1. The lowest BCUT2D eigenvalue weighted by Gasteiger charge is -2.45. The van der Waals surface area contributed by atoms with Gasteiger partial charge >= 0.3 is 0 Å². The Bertz CT molecular complexity index is 949. The molecule has 0 fully saturated rings. The van der Waals surface area contributed by atoms with E-state index in [2.05, 4.69) is 36.1 Å². The molecule has 0 saturated carbocycles. The van der Waals surface area contributed by atoms with Crippen LogP contribution in [0.25, 0.3) is 0 Å². The Hall–Kier alpha value is -2.43. The maximum atomic E-state index is 10.1. The van der Waals surface area contributed by atoms with Crippen LogP contribution in [0.4, 0.5) is 0 Å². The van der Waals surface area contributed by atoms with Crippen LogP contribution < -0.4 is 5.73 Å². The molecule has 2 atom stereocenters. The first-order valence-corrected chi connectivity index (χ1v) is 10.6. The summed E-state index contributed by atoms with van der Waals surface area (Å²) in [7, 11) is 0. The molecule has 5 nitrogen and oxygen atoms in total. The summed E-state index contributed by atoms with van der Waals surface area (Å²) in [6, 6.07) is 14.6. The third kappa shape index (κ3) is 3.75. The van der Waals surface area contributed by atoms with Gasteiger partial charge in [-0.25, -0.2) is 0 Å². The molecule has 0 saturated heterocycles. The molecule has 1 heterocycles. The fourth-order valence-electron chi connectivity index (χ4n) is 4.45. The first-order chi connectivity index (χ1) is 13.6. The standard InChI is InChI=1S/C22H23N5S.ClH/c1-3-8-27-9-7-17-18(11-23)21(26)22(13-24,14-25)20(19(17)12-27)15-5-4-6-16(10-15)28-2;/h4-7,10,19-20H,3,8-9,12,26H2,1-2H3;1H/t19-,20+;/m0./s1. The monoisotopic (exact) mass is 425 g/mol. The van der Waals surface area contributed by atoms with Crippen LogP contribution in [-0.2, 0) is 0 Å². The number of nitrogens with two attached hydrogens (primary N) is 1. The minimum Gasteiger partial charge on any atom is -0.399 e. The van der Waals surface area contributed by atoms with Crippen molar-refractivity contribution >= 4 is 24.2 Å². The molecule has 1 aromatic rings. The van der Waals surface area contributed by atoms with Gasteiger partial charge in [0.15, 0.2) is 5.41 Å². The maximum absolute atomic E-state index is 10.1. The number of fused-ring (bicyclic) bond motifs is 1. The van der Waals surface area contributed by atoms with Crippen molar-refractivity contribution < 1.29 is 0 Å². The minimum absolute atomic E-state index is 0. The van der Waals surface area contributed by atoms with Gasteiger partial charge in [0.1, 0.15) is 6.07 Å². The Balaban J connectivity index is 0.00000300. The first-order valence-electron chi connectivity index (χ1n) is 9.35. The zero-order valence-electron chi connectivity index (χ0n) is 16.6. The summed E-state index contributed by atoms with van der Waals surface area (Å²) in [6.07, 6.45) is 5.07. The molecule has 2 N–H and O–H groups in total. The van der Waals surface area contributed by atoms with Crippen molar-refractivity contribution in [2.24, 2.45) is 17.1 Å². The summed E-state index contributed by atoms with van der Waals surface area (Å²) in [5, 5.41) is 30.0. The van der Waals surface area contributed by atoms with Crippen molar-refractivity contribution in [2.75, 3.05) is 25.9 Å². The maximum Gasteiger partial charge on any atom is 0.191 e. The fraction of sp³-hybridized carbons (Fsp3) is 0.409. The molecule has 1 aromatic carbocycles. The van der Waals surface area contributed by atoms with Crippen molar-refractivity contribution in [2.45, 2.75) is 24.2 Å². The zero-order valence-corrected chi connectivity index (χ0v) is 18.2. The van der Waals surface area contributed by atoms with Crippen molar-refractivity contribution in [3.63, 3.8) is 0 Å². The van der Waals surface area contributed by atoms with Gasteiger partial charge in [0, 0.05) is 29.8 Å². The molecule has 0 aromatic heterocycles. The number of nitrogens with zero attached hydrogens (tertiary/aromatic N) is 4. The molecular formula is C22H24ClN5S. The van der Waals surface area contributed by atoms with Crippen molar-refractivity contribution in [1.82, 2.24) is 4.90 Å². The molecule has 1 aliphatic carbocycles. The van der Waals surface area contributed by atoms with Crippen molar-refractivity contribution in [1.29, 1.82) is 15.8 Å².